The van der Waals surface area contributed by atoms with E-state index in [-0.39, 0.29) is 17.9 Å². The molecular weight excluding hydrogens is 882 g/mol. The predicted molar refractivity (Wildman–Crippen MR) is 257 cm³/mol. The molecule has 2 amide bonds. The molecular formula is C50H56ClN13O4. The molecule has 2 unspecified atom stereocenters. The molecule has 1 saturated carbocycles. The van der Waals surface area contributed by atoms with Gasteiger partial charge in [0.1, 0.15) is 29.0 Å². The van der Waals surface area contributed by atoms with Gasteiger partial charge in [0, 0.05) is 91.2 Å². The zero-order chi connectivity index (χ0) is 46.6. The third kappa shape index (κ3) is 10.0. The number of hydrogen-bond acceptors (Lipinski definition) is 14. The molecule has 4 aliphatic rings. The van der Waals surface area contributed by atoms with E-state index >= 15 is 0 Å². The van der Waals surface area contributed by atoms with E-state index in [9.17, 15) is 14.9 Å². The number of piperidine rings is 2. The van der Waals surface area contributed by atoms with Crippen molar-refractivity contribution in [2.75, 3.05) is 56.7 Å². The average molecular weight is 939 g/mol. The smallest absolute Gasteiger partial charge is 0.249 e. The molecule has 0 spiro atoms. The van der Waals surface area contributed by atoms with Gasteiger partial charge in [0.25, 0.3) is 0 Å². The van der Waals surface area contributed by atoms with E-state index in [0.29, 0.717) is 78.3 Å². The first-order valence-corrected chi connectivity index (χ1v) is 24.1. The van der Waals surface area contributed by atoms with E-state index in [1.54, 1.807) is 17.8 Å². The molecule has 3 aliphatic heterocycles. The zero-order valence-corrected chi connectivity index (χ0v) is 38.9. The lowest BCUT2D eigenvalue weighted by molar-refractivity contribution is -0.133. The van der Waals surface area contributed by atoms with Gasteiger partial charge in [-0.3, -0.25) is 19.6 Å². The topological polar surface area (TPSA) is 193 Å². The summed E-state index contributed by atoms with van der Waals surface area (Å²) in [5.41, 5.74) is 7.15. The van der Waals surface area contributed by atoms with Gasteiger partial charge in [0.15, 0.2) is 0 Å². The third-order valence-electron chi connectivity index (χ3n) is 14.0. The van der Waals surface area contributed by atoms with Gasteiger partial charge in [-0.2, -0.15) is 15.5 Å². The van der Waals surface area contributed by atoms with E-state index in [1.807, 2.05) is 61.2 Å². The summed E-state index contributed by atoms with van der Waals surface area (Å²) in [4.78, 5) is 43.2. The first-order chi connectivity index (χ1) is 33.3. The molecule has 1 aromatic carbocycles. The number of hydrogen-bond donors (Lipinski definition) is 3. The number of anilines is 2. The van der Waals surface area contributed by atoms with E-state index in [0.717, 1.165) is 111 Å². The van der Waals surface area contributed by atoms with Crippen molar-refractivity contribution < 1.29 is 19.1 Å². The van der Waals surface area contributed by atoms with Crippen molar-refractivity contribution in [3.05, 3.63) is 101 Å². The number of nitrogens with zero attached hydrogens (tertiary/aromatic N) is 10. The Morgan fingerprint density at radius 3 is 2.51 bits per heavy atom. The minimum Gasteiger partial charge on any atom is -0.481 e. The van der Waals surface area contributed by atoms with Gasteiger partial charge in [-0.25, -0.2) is 19.5 Å². The van der Waals surface area contributed by atoms with Crippen LogP contribution in [0.2, 0.25) is 5.02 Å². The van der Waals surface area contributed by atoms with Crippen LogP contribution in [0.25, 0.3) is 28.0 Å². The molecule has 2 atom stereocenters. The first-order valence-electron chi connectivity index (χ1n) is 23.8. The highest BCUT2D eigenvalue weighted by Crippen LogP contribution is 2.38. The number of rotatable bonds is 12. The van der Waals surface area contributed by atoms with Crippen LogP contribution in [0, 0.1) is 11.3 Å². The van der Waals surface area contributed by atoms with Crippen LogP contribution in [-0.2, 0) is 20.9 Å². The summed E-state index contributed by atoms with van der Waals surface area (Å²) < 4.78 is 15.0. The van der Waals surface area contributed by atoms with Gasteiger partial charge >= 0.3 is 0 Å². The second-order valence-corrected chi connectivity index (χ2v) is 18.8. The zero-order valence-electron chi connectivity index (χ0n) is 38.2. The van der Waals surface area contributed by atoms with Crippen molar-refractivity contribution >= 4 is 40.4 Å². The van der Waals surface area contributed by atoms with Crippen LogP contribution in [0.15, 0.2) is 79.6 Å². The molecule has 68 heavy (non-hydrogen) atoms. The Morgan fingerprint density at radius 1 is 0.912 bits per heavy atom. The standard InChI is InChI=1S/C50H56ClN13O4/c1-67-47-14-3-32(24-55-47)23-53-38-29-62(17-2-20-68-31-38)45-12-4-34(25-54-45)48-49-35(22-52)26-57-64(49)30-44(59-48)36-27-56-63(28-36)40-8-6-39(7-9-40)61-18-15-33(16-19-61)41-10-5-37(21-42(41)51)58-43-11-13-46(65)60-50(43)66/h3-5,10,12,14,21,24-28,30,33,38-40,43,53,58H,2,6-9,11,13,15-20,23,29,31H2,1H3,(H,60,65,66). The van der Waals surface area contributed by atoms with Crippen LogP contribution in [0.3, 0.4) is 0 Å². The Hall–Kier alpha value is -6.45. The van der Waals surface area contributed by atoms with Crippen LogP contribution in [0.4, 0.5) is 11.5 Å². The number of ether oxygens (including phenoxy) is 2. The lowest BCUT2D eigenvalue weighted by Crippen LogP contribution is -2.47. The van der Waals surface area contributed by atoms with E-state index in [2.05, 4.69) is 58.8 Å². The number of halogens is 1. The number of pyridine rings is 2. The minimum absolute atomic E-state index is 0.0819. The quantitative estimate of drug-likeness (QED) is 0.112. The number of nitriles is 1. The van der Waals surface area contributed by atoms with Crippen LogP contribution in [0.5, 0.6) is 5.88 Å². The summed E-state index contributed by atoms with van der Waals surface area (Å²) in [6.07, 6.45) is 19.2. The van der Waals surface area contributed by atoms with Crippen LogP contribution in [0.1, 0.15) is 86.4 Å². The maximum atomic E-state index is 12.3. The second kappa shape index (κ2) is 20.4. The number of aromatic nitrogens is 7. The highest BCUT2D eigenvalue weighted by atomic mass is 35.5. The number of carbonyl (C=O) groups excluding carboxylic acids is 2. The second-order valence-electron chi connectivity index (χ2n) is 18.4. The average Bonchev–Trinajstić information content (AvgIpc) is 4.03. The molecule has 4 fully saturated rings. The molecule has 1 aliphatic carbocycles. The van der Waals surface area contributed by atoms with E-state index in [1.165, 1.54) is 0 Å². The summed E-state index contributed by atoms with van der Waals surface area (Å²) in [5.74, 6) is 1.32. The Bertz CT molecular complexity index is 2770. The molecule has 18 heteroatoms. The fraction of sp³-hybridized carbons (Fsp3) is 0.440. The van der Waals surface area contributed by atoms with Crippen LogP contribution < -0.4 is 25.6 Å². The maximum absolute atomic E-state index is 12.3. The third-order valence-corrected chi connectivity index (χ3v) is 14.4. The van der Waals surface area contributed by atoms with Gasteiger partial charge in [-0.1, -0.05) is 23.7 Å². The van der Waals surface area contributed by atoms with Gasteiger partial charge in [-0.05, 0) is 106 Å². The highest BCUT2D eigenvalue weighted by molar-refractivity contribution is 6.31. The molecule has 3 saturated heterocycles. The number of carbonyl (C=O) groups is 2. The van der Waals surface area contributed by atoms with E-state index < -0.39 is 6.04 Å². The van der Waals surface area contributed by atoms with E-state index in [4.69, 9.17) is 36.1 Å². The Balaban J connectivity index is 0.763. The normalized spacial score (nSPS) is 22.0. The summed E-state index contributed by atoms with van der Waals surface area (Å²) >= 11 is 6.83. The van der Waals surface area contributed by atoms with Crippen molar-refractivity contribution in [3.63, 3.8) is 0 Å². The number of likely N-dealkylation sites (tertiary alicyclic amines) is 1. The number of fused-ring (bicyclic) bond motifs is 1. The molecule has 352 valence electrons. The molecule has 5 aromatic heterocycles. The van der Waals surface area contributed by atoms with Crippen molar-refractivity contribution in [2.45, 2.75) is 94.4 Å². The molecule has 6 aromatic rings. The molecule has 8 heterocycles. The molecule has 17 nitrogen and oxygen atoms in total. The Labute approximate surface area is 400 Å². The van der Waals surface area contributed by atoms with Gasteiger partial charge in [0.05, 0.1) is 49.7 Å². The largest absolute Gasteiger partial charge is 0.481 e. The Morgan fingerprint density at radius 2 is 1.76 bits per heavy atom. The monoisotopic (exact) mass is 937 g/mol. The SMILES string of the molecule is COc1ccc(CNC2COCCCN(c3ccc(-c4nc(-c5cnn(C6CCC(N7CCC(c8ccc(NC9CCC(=O)NC9=O)cc8Cl)CC7)CC6)c5)cn5ncc(C#N)c45)cn3)C2)cn1. The first kappa shape index (κ1) is 45.3. The summed E-state index contributed by atoms with van der Waals surface area (Å²) in [6, 6.07) is 16.7. The fourth-order valence-electron chi connectivity index (χ4n) is 10.3. The number of nitrogens with one attached hydrogen (secondary N) is 3. The fourth-order valence-corrected chi connectivity index (χ4v) is 10.6. The highest BCUT2D eigenvalue weighted by Gasteiger charge is 2.32. The molecule has 10 rings (SSSR count). The van der Waals surface area contributed by atoms with Crippen molar-refractivity contribution in [1.29, 1.82) is 5.26 Å². The van der Waals surface area contributed by atoms with Crippen molar-refractivity contribution in [2.24, 2.45) is 0 Å². The lowest BCUT2D eigenvalue weighted by atomic mass is 9.85. The predicted octanol–water partition coefficient (Wildman–Crippen LogP) is 6.55. The summed E-state index contributed by atoms with van der Waals surface area (Å²) in [5, 5.41) is 29.5. The molecule has 0 radical (unpaired) electrons. The van der Waals surface area contributed by atoms with Crippen LogP contribution >= 0.6 is 11.6 Å². The maximum Gasteiger partial charge on any atom is 0.249 e. The van der Waals surface area contributed by atoms with Gasteiger partial charge < -0.3 is 29.9 Å². The molecule has 0 bridgehead atoms. The summed E-state index contributed by atoms with van der Waals surface area (Å²) in [7, 11) is 1.61. The lowest BCUT2D eigenvalue weighted by Gasteiger charge is -2.41. The van der Waals surface area contributed by atoms with Crippen molar-refractivity contribution in [1.82, 2.24) is 49.9 Å². The van der Waals surface area contributed by atoms with Gasteiger partial charge in [-0.15, -0.1) is 0 Å². The summed E-state index contributed by atoms with van der Waals surface area (Å²) in [6.45, 7) is 5.51. The Kier molecular flexibility index (Phi) is 13.6. The number of benzene rings is 1. The number of amides is 2. The number of imide groups is 1. The van der Waals surface area contributed by atoms with Crippen molar-refractivity contribution in [3.8, 4) is 34.5 Å². The number of methoxy groups -OCH3 is 1. The minimum atomic E-state index is -0.440. The molecule has 3 N–H and O–H groups in total. The van der Waals surface area contributed by atoms with Gasteiger partial charge in [0.2, 0.25) is 17.7 Å². The van der Waals surface area contributed by atoms with Crippen LogP contribution in [-0.4, -0.2) is 116 Å².